The first-order valence-electron chi connectivity index (χ1n) is 4.97. The van der Waals surface area contributed by atoms with Gasteiger partial charge in [0.2, 0.25) is 0 Å². The van der Waals surface area contributed by atoms with Gasteiger partial charge in [-0.15, -0.1) is 6.42 Å². The lowest BCUT2D eigenvalue weighted by Gasteiger charge is -2.17. The average molecular weight is 249 g/mol. The highest BCUT2D eigenvalue weighted by Crippen LogP contribution is 2.18. The van der Waals surface area contributed by atoms with Gasteiger partial charge in [0.1, 0.15) is 5.75 Å². The fraction of sp³-hybridized carbons (Fsp3) is 0.250. The summed E-state index contributed by atoms with van der Waals surface area (Å²) in [4.78, 5) is 21.2. The van der Waals surface area contributed by atoms with Crippen LogP contribution in [0.4, 0.5) is 10.5 Å². The van der Waals surface area contributed by atoms with Crippen LogP contribution in [0, 0.1) is 22.5 Å². The van der Waals surface area contributed by atoms with Crippen molar-refractivity contribution in [2.24, 2.45) is 0 Å². The molecule has 18 heavy (non-hydrogen) atoms. The molecule has 0 fully saturated rings. The summed E-state index contributed by atoms with van der Waals surface area (Å²) in [5.41, 5.74) is -1.17. The van der Waals surface area contributed by atoms with Crippen molar-refractivity contribution in [3.63, 3.8) is 0 Å². The van der Waals surface area contributed by atoms with E-state index in [0.717, 1.165) is 0 Å². The molecule has 1 rings (SSSR count). The van der Waals surface area contributed by atoms with Gasteiger partial charge in [-0.3, -0.25) is 10.1 Å². The topological polar surface area (TPSA) is 78.7 Å². The summed E-state index contributed by atoms with van der Waals surface area (Å²) >= 11 is 0. The third-order valence-corrected chi connectivity index (χ3v) is 1.93. The minimum absolute atomic E-state index is 0.0975. The molecule has 6 heteroatoms. The van der Waals surface area contributed by atoms with Crippen LogP contribution < -0.4 is 4.74 Å². The van der Waals surface area contributed by atoms with Crippen molar-refractivity contribution >= 4 is 11.8 Å². The molecular weight excluding hydrogens is 238 g/mol. The lowest BCUT2D eigenvalue weighted by molar-refractivity contribution is -0.384. The number of carbonyl (C=O) groups excluding carboxylic acids is 1. The number of hydrogen-bond acceptors (Lipinski definition) is 5. The standard InChI is InChI=1S/C12H11NO5/c1-4-12(2,3)18-11(14)17-10-7-5-9(6-8-10)13(15)16/h1,5-8H,2-3H3. The Balaban J connectivity index is 2.66. The zero-order chi connectivity index (χ0) is 13.8. The zero-order valence-corrected chi connectivity index (χ0v) is 9.88. The van der Waals surface area contributed by atoms with Crippen LogP contribution in [0.1, 0.15) is 13.8 Å². The summed E-state index contributed by atoms with van der Waals surface area (Å²) in [7, 11) is 0. The summed E-state index contributed by atoms with van der Waals surface area (Å²) in [6.45, 7) is 3.06. The van der Waals surface area contributed by atoms with Crippen LogP contribution >= 0.6 is 0 Å². The van der Waals surface area contributed by atoms with E-state index in [1.807, 2.05) is 0 Å². The molecular formula is C12H11NO5. The van der Waals surface area contributed by atoms with Crippen LogP contribution in [-0.2, 0) is 4.74 Å². The number of nitro benzene ring substituents is 1. The largest absolute Gasteiger partial charge is 0.515 e. The van der Waals surface area contributed by atoms with E-state index in [4.69, 9.17) is 15.9 Å². The smallest absolute Gasteiger partial charge is 0.415 e. The number of rotatable bonds is 3. The van der Waals surface area contributed by atoms with E-state index in [-0.39, 0.29) is 11.4 Å². The monoisotopic (exact) mass is 249 g/mol. The lowest BCUT2D eigenvalue weighted by Crippen LogP contribution is -2.27. The second-order valence-corrected chi connectivity index (χ2v) is 3.86. The van der Waals surface area contributed by atoms with Crippen molar-refractivity contribution in [3.05, 3.63) is 34.4 Å². The van der Waals surface area contributed by atoms with Crippen LogP contribution in [0.15, 0.2) is 24.3 Å². The molecule has 6 nitrogen and oxygen atoms in total. The first-order chi connectivity index (χ1) is 8.34. The Bertz CT molecular complexity index is 498. The van der Waals surface area contributed by atoms with E-state index >= 15 is 0 Å². The minimum atomic E-state index is -1.07. The molecule has 94 valence electrons. The van der Waals surface area contributed by atoms with E-state index in [1.54, 1.807) is 0 Å². The summed E-state index contributed by atoms with van der Waals surface area (Å²) in [5, 5.41) is 10.4. The Morgan fingerprint density at radius 1 is 1.39 bits per heavy atom. The number of terminal acetylenes is 1. The van der Waals surface area contributed by atoms with Gasteiger partial charge in [0.25, 0.3) is 5.69 Å². The molecule has 1 aromatic carbocycles. The maximum absolute atomic E-state index is 11.3. The van der Waals surface area contributed by atoms with E-state index in [9.17, 15) is 14.9 Å². The van der Waals surface area contributed by atoms with Crippen LogP contribution in [-0.4, -0.2) is 16.7 Å². The molecule has 0 atom stereocenters. The Labute approximate surface area is 104 Å². The van der Waals surface area contributed by atoms with Crippen molar-refractivity contribution in [2.45, 2.75) is 19.4 Å². The fourth-order valence-electron chi connectivity index (χ4n) is 0.991. The maximum atomic E-state index is 11.3. The van der Waals surface area contributed by atoms with Crippen molar-refractivity contribution in [3.8, 4) is 18.1 Å². The molecule has 0 saturated heterocycles. The zero-order valence-electron chi connectivity index (χ0n) is 9.88. The number of ether oxygens (including phenoxy) is 2. The second-order valence-electron chi connectivity index (χ2n) is 3.86. The van der Waals surface area contributed by atoms with Gasteiger partial charge in [-0.1, -0.05) is 5.92 Å². The van der Waals surface area contributed by atoms with Gasteiger partial charge in [-0.05, 0) is 26.0 Å². The van der Waals surface area contributed by atoms with Crippen LogP contribution in [0.25, 0.3) is 0 Å². The quantitative estimate of drug-likeness (QED) is 0.270. The van der Waals surface area contributed by atoms with Gasteiger partial charge < -0.3 is 9.47 Å². The van der Waals surface area contributed by atoms with Gasteiger partial charge in [-0.25, -0.2) is 4.79 Å². The molecule has 0 amide bonds. The molecule has 0 bridgehead atoms. The fourth-order valence-corrected chi connectivity index (χ4v) is 0.991. The highest BCUT2D eigenvalue weighted by molar-refractivity contribution is 5.65. The van der Waals surface area contributed by atoms with Crippen LogP contribution in [0.3, 0.4) is 0 Å². The Morgan fingerprint density at radius 2 is 1.94 bits per heavy atom. The molecule has 0 heterocycles. The van der Waals surface area contributed by atoms with Gasteiger partial charge in [0.15, 0.2) is 5.60 Å². The Hall–Kier alpha value is -2.55. The number of hydrogen-bond donors (Lipinski definition) is 0. The van der Waals surface area contributed by atoms with E-state index in [0.29, 0.717) is 0 Å². The molecule has 1 aromatic rings. The number of carbonyl (C=O) groups is 1. The SMILES string of the molecule is C#CC(C)(C)OC(=O)Oc1ccc([N+](=O)[O-])cc1. The lowest BCUT2D eigenvalue weighted by atomic mass is 10.2. The Morgan fingerprint density at radius 3 is 2.39 bits per heavy atom. The number of nitro groups is 1. The van der Waals surface area contributed by atoms with E-state index in [1.165, 1.54) is 38.1 Å². The molecule has 0 spiro atoms. The molecule has 0 radical (unpaired) electrons. The van der Waals surface area contributed by atoms with Crippen molar-refractivity contribution in [1.29, 1.82) is 0 Å². The van der Waals surface area contributed by atoms with E-state index < -0.39 is 16.7 Å². The molecule has 0 aliphatic heterocycles. The Kier molecular flexibility index (Phi) is 3.89. The van der Waals surface area contributed by atoms with Crippen molar-refractivity contribution in [2.75, 3.05) is 0 Å². The highest BCUT2D eigenvalue weighted by Gasteiger charge is 2.21. The molecule has 0 aliphatic rings. The number of nitrogens with zero attached hydrogens (tertiary/aromatic N) is 1. The molecule has 0 aliphatic carbocycles. The predicted molar refractivity (Wildman–Crippen MR) is 63.1 cm³/mol. The van der Waals surface area contributed by atoms with Crippen LogP contribution in [0.5, 0.6) is 5.75 Å². The predicted octanol–water partition coefficient (Wildman–Crippen LogP) is 2.52. The maximum Gasteiger partial charge on any atom is 0.515 e. The van der Waals surface area contributed by atoms with Gasteiger partial charge in [0, 0.05) is 12.1 Å². The van der Waals surface area contributed by atoms with Crippen molar-refractivity contribution < 1.29 is 19.2 Å². The molecule has 0 unspecified atom stereocenters. The minimum Gasteiger partial charge on any atom is -0.415 e. The third-order valence-electron chi connectivity index (χ3n) is 1.93. The average Bonchev–Trinajstić information content (AvgIpc) is 2.29. The highest BCUT2D eigenvalue weighted by atomic mass is 16.7. The van der Waals surface area contributed by atoms with Crippen LogP contribution in [0.2, 0.25) is 0 Å². The normalized spacial score (nSPS) is 10.3. The van der Waals surface area contributed by atoms with Gasteiger partial charge >= 0.3 is 6.16 Å². The summed E-state index contributed by atoms with van der Waals surface area (Å²) in [5.74, 6) is 2.41. The summed E-state index contributed by atoms with van der Waals surface area (Å²) in [6.07, 6.45) is 4.18. The summed E-state index contributed by atoms with van der Waals surface area (Å²) in [6, 6.07) is 5.02. The van der Waals surface area contributed by atoms with Gasteiger partial charge in [0.05, 0.1) is 4.92 Å². The first-order valence-corrected chi connectivity index (χ1v) is 4.97. The first kappa shape index (κ1) is 13.5. The van der Waals surface area contributed by atoms with Gasteiger partial charge in [-0.2, -0.15) is 0 Å². The van der Waals surface area contributed by atoms with Crippen molar-refractivity contribution in [1.82, 2.24) is 0 Å². The van der Waals surface area contributed by atoms with E-state index in [2.05, 4.69) is 5.92 Å². The summed E-state index contributed by atoms with van der Waals surface area (Å²) < 4.78 is 9.64. The third kappa shape index (κ3) is 3.79. The second kappa shape index (κ2) is 5.19. The number of benzene rings is 1. The molecule has 0 saturated carbocycles. The molecule has 0 N–H and O–H groups in total. The molecule has 0 aromatic heterocycles. The number of non-ortho nitro benzene ring substituents is 1.